The van der Waals surface area contributed by atoms with Gasteiger partial charge < -0.3 is 10.1 Å². The van der Waals surface area contributed by atoms with E-state index in [-0.39, 0.29) is 17.9 Å². The van der Waals surface area contributed by atoms with Gasteiger partial charge in [-0.1, -0.05) is 11.6 Å². The van der Waals surface area contributed by atoms with E-state index in [0.717, 1.165) is 6.42 Å². The van der Waals surface area contributed by atoms with Crippen LogP contribution in [0.2, 0.25) is 5.02 Å². The molecule has 2 aromatic heterocycles. The number of ether oxygens (including phenoxy) is 1. The summed E-state index contributed by atoms with van der Waals surface area (Å²) in [4.78, 5) is 16.6. The topological polar surface area (TPSA) is 69.0 Å². The third kappa shape index (κ3) is 3.38. The molecule has 1 aliphatic heterocycles. The molecule has 1 N–H and O–H groups in total. The van der Waals surface area contributed by atoms with Crippen LogP contribution in [0.15, 0.2) is 24.5 Å². The first-order chi connectivity index (χ1) is 11.1. The van der Waals surface area contributed by atoms with E-state index in [1.165, 1.54) is 10.2 Å². The second-order valence-corrected chi connectivity index (χ2v) is 6.19. The molecule has 0 saturated carbocycles. The van der Waals surface area contributed by atoms with Gasteiger partial charge in [0, 0.05) is 25.4 Å². The Morgan fingerprint density at radius 3 is 2.83 bits per heavy atom. The lowest BCUT2D eigenvalue weighted by molar-refractivity contribution is 0.0915. The molecule has 3 heterocycles. The van der Waals surface area contributed by atoms with Gasteiger partial charge in [-0.05, 0) is 31.0 Å². The molecule has 6 nitrogen and oxygen atoms in total. The van der Waals surface area contributed by atoms with Crippen LogP contribution in [0.25, 0.3) is 0 Å². The number of nitrogens with one attached hydrogen (secondary N) is 1. The highest BCUT2D eigenvalue weighted by Crippen LogP contribution is 2.22. The lowest BCUT2D eigenvalue weighted by Gasteiger charge is -2.19. The molecule has 1 aliphatic rings. The molecule has 7 heteroatoms. The second-order valence-electron chi connectivity index (χ2n) is 5.81. The zero-order chi connectivity index (χ0) is 16.4. The number of aromatic nitrogens is 3. The summed E-state index contributed by atoms with van der Waals surface area (Å²) in [6.45, 7) is 2.92. The number of carbonyl (C=O) groups excluding carboxylic acids is 1. The molecule has 0 unspecified atom stereocenters. The van der Waals surface area contributed by atoms with E-state index < -0.39 is 0 Å². The van der Waals surface area contributed by atoms with Gasteiger partial charge in [-0.25, -0.2) is 0 Å². The fourth-order valence-electron chi connectivity index (χ4n) is 2.90. The highest BCUT2D eigenvalue weighted by Gasteiger charge is 2.31. The van der Waals surface area contributed by atoms with Crippen molar-refractivity contribution in [2.24, 2.45) is 13.0 Å². The Labute approximate surface area is 139 Å². The molecule has 3 rings (SSSR count). The van der Waals surface area contributed by atoms with Crippen molar-refractivity contribution in [2.45, 2.75) is 19.4 Å². The van der Waals surface area contributed by atoms with Crippen LogP contribution in [-0.2, 0) is 18.2 Å². The Bertz CT molecular complexity index is 702. The molecule has 2 aromatic rings. The monoisotopic (exact) mass is 334 g/mol. The van der Waals surface area contributed by atoms with Crippen LogP contribution < -0.4 is 5.32 Å². The maximum absolute atomic E-state index is 12.5. The number of pyridine rings is 1. The number of hydrogen-bond donors (Lipinski definition) is 1. The van der Waals surface area contributed by atoms with Crippen LogP contribution in [0.3, 0.4) is 0 Å². The van der Waals surface area contributed by atoms with Crippen LogP contribution in [0.5, 0.6) is 0 Å². The number of amides is 1. The summed E-state index contributed by atoms with van der Waals surface area (Å²) in [5, 5.41) is 7.61. The molecule has 1 fully saturated rings. The van der Waals surface area contributed by atoms with Gasteiger partial charge in [0.1, 0.15) is 5.69 Å². The molecule has 122 valence electrons. The minimum atomic E-state index is -0.215. The molecule has 0 spiro atoms. The first-order valence-corrected chi connectivity index (χ1v) is 7.90. The second kappa shape index (κ2) is 6.68. The zero-order valence-corrected chi connectivity index (χ0v) is 13.9. The first kappa shape index (κ1) is 16.0. The molecule has 0 aromatic carbocycles. The summed E-state index contributed by atoms with van der Waals surface area (Å²) in [6.07, 6.45) is 4.39. The maximum Gasteiger partial charge on any atom is 0.271 e. The summed E-state index contributed by atoms with van der Waals surface area (Å²) >= 11 is 6.18. The van der Waals surface area contributed by atoms with E-state index in [4.69, 9.17) is 16.3 Å². The molecule has 2 atom stereocenters. The van der Waals surface area contributed by atoms with Gasteiger partial charge in [-0.15, -0.1) is 0 Å². The molecule has 1 saturated heterocycles. The van der Waals surface area contributed by atoms with Gasteiger partial charge in [0.25, 0.3) is 5.91 Å². The smallest absolute Gasteiger partial charge is 0.271 e. The summed E-state index contributed by atoms with van der Waals surface area (Å²) < 4.78 is 7.07. The van der Waals surface area contributed by atoms with Crippen LogP contribution >= 0.6 is 11.6 Å². The molecule has 0 bridgehead atoms. The number of nitrogens with zero attached hydrogens (tertiary/aromatic N) is 3. The van der Waals surface area contributed by atoms with Gasteiger partial charge >= 0.3 is 0 Å². The summed E-state index contributed by atoms with van der Waals surface area (Å²) in [5.74, 6) is 0.0165. The van der Waals surface area contributed by atoms with Crippen molar-refractivity contribution in [1.29, 1.82) is 0 Å². The number of aryl methyl sites for hydroxylation is 2. The van der Waals surface area contributed by atoms with E-state index >= 15 is 0 Å². The zero-order valence-electron chi connectivity index (χ0n) is 13.1. The third-order valence-electron chi connectivity index (χ3n) is 4.13. The van der Waals surface area contributed by atoms with E-state index in [1.807, 2.05) is 12.1 Å². The fourth-order valence-corrected chi connectivity index (χ4v) is 3.14. The summed E-state index contributed by atoms with van der Waals surface area (Å²) in [5.41, 5.74) is 2.22. The van der Waals surface area contributed by atoms with Crippen LogP contribution in [0.1, 0.15) is 21.7 Å². The number of carbonyl (C=O) groups is 1. The lowest BCUT2D eigenvalue weighted by Crippen LogP contribution is -2.41. The molecule has 1 amide bonds. The average Bonchev–Trinajstić information content (AvgIpc) is 3.05. The molecule has 23 heavy (non-hydrogen) atoms. The maximum atomic E-state index is 12.5. The fraction of sp³-hybridized carbons (Fsp3) is 0.438. The van der Waals surface area contributed by atoms with Gasteiger partial charge in [-0.3, -0.25) is 14.5 Å². The standard InChI is InChI=1S/C16H19ClN4O2/c1-10-14(17)15(21(2)20-10)16(22)19-13-9-23-8-12(13)7-11-3-5-18-6-4-11/h3-6,12-13H,7-9H2,1-2H3,(H,19,22)/t12-,13+/m1/s1. The van der Waals surface area contributed by atoms with Crippen LogP contribution in [0.4, 0.5) is 0 Å². The first-order valence-electron chi connectivity index (χ1n) is 7.53. The number of rotatable bonds is 4. The van der Waals surface area contributed by atoms with E-state index in [9.17, 15) is 4.79 Å². The number of hydrogen-bond acceptors (Lipinski definition) is 4. The number of halogens is 1. The normalized spacial score (nSPS) is 20.7. The molecule has 0 radical (unpaired) electrons. The van der Waals surface area contributed by atoms with Crippen molar-refractivity contribution in [3.63, 3.8) is 0 Å². The largest absolute Gasteiger partial charge is 0.379 e. The minimum Gasteiger partial charge on any atom is -0.379 e. The average molecular weight is 335 g/mol. The van der Waals surface area contributed by atoms with E-state index in [2.05, 4.69) is 15.4 Å². The van der Waals surface area contributed by atoms with Crippen molar-refractivity contribution >= 4 is 17.5 Å². The predicted octanol–water partition coefficient (Wildman–Crippen LogP) is 1.76. The summed E-state index contributed by atoms with van der Waals surface area (Å²) in [7, 11) is 1.72. The van der Waals surface area contributed by atoms with Gasteiger partial charge in [0.05, 0.1) is 30.0 Å². The van der Waals surface area contributed by atoms with E-state index in [1.54, 1.807) is 26.4 Å². The van der Waals surface area contributed by atoms with Crippen LogP contribution in [0, 0.1) is 12.8 Å². The van der Waals surface area contributed by atoms with Gasteiger partial charge in [0.15, 0.2) is 0 Å². The Balaban J connectivity index is 1.70. The Kier molecular flexibility index (Phi) is 4.63. The van der Waals surface area contributed by atoms with Crippen molar-refractivity contribution in [3.8, 4) is 0 Å². The molecular weight excluding hydrogens is 316 g/mol. The lowest BCUT2D eigenvalue weighted by atomic mass is 9.95. The van der Waals surface area contributed by atoms with Crippen molar-refractivity contribution < 1.29 is 9.53 Å². The highest BCUT2D eigenvalue weighted by molar-refractivity contribution is 6.34. The van der Waals surface area contributed by atoms with E-state index in [0.29, 0.717) is 29.6 Å². The third-order valence-corrected chi connectivity index (χ3v) is 4.58. The Hall–Kier alpha value is -1.92. The Morgan fingerprint density at radius 2 is 2.17 bits per heavy atom. The SMILES string of the molecule is Cc1nn(C)c(C(=O)N[C@H]2COC[C@H]2Cc2ccncc2)c1Cl. The van der Waals surface area contributed by atoms with Crippen LogP contribution in [-0.4, -0.2) is 39.9 Å². The van der Waals surface area contributed by atoms with Crippen molar-refractivity contribution in [3.05, 3.63) is 46.5 Å². The Morgan fingerprint density at radius 1 is 1.43 bits per heavy atom. The highest BCUT2D eigenvalue weighted by atomic mass is 35.5. The molecular formula is C16H19ClN4O2. The predicted molar refractivity (Wildman–Crippen MR) is 86.5 cm³/mol. The summed E-state index contributed by atoms with van der Waals surface area (Å²) in [6, 6.07) is 3.93. The van der Waals surface area contributed by atoms with Crippen molar-refractivity contribution in [2.75, 3.05) is 13.2 Å². The quantitative estimate of drug-likeness (QED) is 0.925. The van der Waals surface area contributed by atoms with Crippen molar-refractivity contribution in [1.82, 2.24) is 20.1 Å². The van der Waals surface area contributed by atoms with Gasteiger partial charge in [-0.2, -0.15) is 5.10 Å². The minimum absolute atomic E-state index is 0.0399. The van der Waals surface area contributed by atoms with Gasteiger partial charge in [0.2, 0.25) is 0 Å². The molecule has 0 aliphatic carbocycles.